The fraction of sp³-hybridized carbons (Fsp3) is 0.312. The zero-order valence-corrected chi connectivity index (χ0v) is 14.0. The molecule has 0 spiro atoms. The van der Waals surface area contributed by atoms with E-state index >= 15 is 0 Å². The van der Waals surface area contributed by atoms with Crippen LogP contribution in [0.1, 0.15) is 36.7 Å². The van der Waals surface area contributed by atoms with Crippen LogP contribution in [-0.4, -0.2) is 23.0 Å². The summed E-state index contributed by atoms with van der Waals surface area (Å²) < 4.78 is 10.6. The molecule has 1 aromatic carbocycles. The number of hydrogen-bond donors (Lipinski definition) is 1. The molecule has 0 fully saturated rings. The molecule has 0 aliphatic heterocycles. The van der Waals surface area contributed by atoms with Crippen molar-refractivity contribution in [2.75, 3.05) is 5.32 Å². The maximum atomic E-state index is 12.3. The number of anilines is 1. The van der Waals surface area contributed by atoms with Gasteiger partial charge in [-0.2, -0.15) is 0 Å². The van der Waals surface area contributed by atoms with Crippen LogP contribution in [0, 0.1) is 0 Å². The first-order chi connectivity index (χ1) is 10.9. The molecule has 122 valence electrons. The predicted molar refractivity (Wildman–Crippen MR) is 87.7 cm³/mol. The van der Waals surface area contributed by atoms with Gasteiger partial charge in [0, 0.05) is 24.1 Å². The number of aromatic nitrogens is 1. The van der Waals surface area contributed by atoms with Gasteiger partial charge in [0.1, 0.15) is 12.4 Å². The number of rotatable bonds is 6. The van der Waals surface area contributed by atoms with Crippen molar-refractivity contribution in [3.8, 4) is 5.75 Å². The van der Waals surface area contributed by atoms with Crippen molar-refractivity contribution in [2.45, 2.75) is 33.5 Å². The van der Waals surface area contributed by atoms with Crippen molar-refractivity contribution in [3.63, 3.8) is 0 Å². The van der Waals surface area contributed by atoms with E-state index in [1.165, 1.54) is 18.3 Å². The molecule has 1 amide bonds. The number of carbonyl (C=O) groups excluding carboxylic acids is 2. The number of hydrogen-bond acceptors (Lipinski definition) is 6. The third kappa shape index (κ3) is 5.37. The van der Waals surface area contributed by atoms with Crippen LogP contribution in [0.5, 0.6) is 5.75 Å². The number of nitrogens with one attached hydrogen (secondary N) is 1. The molecule has 1 aromatic heterocycles. The van der Waals surface area contributed by atoms with Crippen molar-refractivity contribution in [1.29, 1.82) is 0 Å². The van der Waals surface area contributed by atoms with Crippen LogP contribution >= 0.6 is 11.3 Å². The minimum Gasteiger partial charge on any atom is -0.491 e. The van der Waals surface area contributed by atoms with E-state index in [1.54, 1.807) is 29.8 Å². The monoisotopic (exact) mass is 334 g/mol. The normalized spacial score (nSPS) is 10.4. The molecule has 0 atom stereocenters. The summed E-state index contributed by atoms with van der Waals surface area (Å²) in [5.74, 6) is -0.124. The van der Waals surface area contributed by atoms with Crippen LogP contribution in [0.4, 0.5) is 5.13 Å². The second-order valence-corrected chi connectivity index (χ2v) is 6.00. The summed E-state index contributed by atoms with van der Waals surface area (Å²) >= 11 is 1.34. The molecule has 0 unspecified atom stereocenters. The van der Waals surface area contributed by atoms with Gasteiger partial charge in [-0.15, -0.1) is 11.3 Å². The quantitative estimate of drug-likeness (QED) is 0.821. The molecule has 2 aromatic rings. The molecule has 0 aliphatic carbocycles. The van der Waals surface area contributed by atoms with Gasteiger partial charge in [0.15, 0.2) is 5.13 Å². The average molecular weight is 334 g/mol. The maximum absolute atomic E-state index is 12.3. The van der Waals surface area contributed by atoms with Crippen LogP contribution in [0.3, 0.4) is 0 Å². The molecule has 0 aliphatic rings. The van der Waals surface area contributed by atoms with Crippen molar-refractivity contribution < 1.29 is 19.1 Å². The lowest BCUT2D eigenvalue weighted by molar-refractivity contribution is -0.142. The van der Waals surface area contributed by atoms with Crippen LogP contribution in [-0.2, 0) is 16.1 Å². The molecular formula is C16H18N2O4S. The van der Waals surface area contributed by atoms with E-state index in [1.807, 2.05) is 13.8 Å². The Labute approximate surface area is 138 Å². The first-order valence-electron chi connectivity index (χ1n) is 7.09. The SMILES string of the molecule is CC(=O)OCc1cc(OC(C)C)cc(C(=O)Nc2nccs2)c1. The number of nitrogens with zero attached hydrogens (tertiary/aromatic N) is 1. The molecule has 1 N–H and O–H groups in total. The van der Waals surface area contributed by atoms with Gasteiger partial charge >= 0.3 is 5.97 Å². The number of thiazole rings is 1. The van der Waals surface area contributed by atoms with Gasteiger partial charge in [-0.25, -0.2) is 4.98 Å². The second kappa shape index (κ2) is 7.73. The highest BCUT2D eigenvalue weighted by atomic mass is 32.1. The first-order valence-corrected chi connectivity index (χ1v) is 7.97. The fourth-order valence-corrected chi connectivity index (χ4v) is 2.38. The zero-order valence-electron chi connectivity index (χ0n) is 13.2. The topological polar surface area (TPSA) is 77.5 Å². The largest absolute Gasteiger partial charge is 0.491 e. The summed E-state index contributed by atoms with van der Waals surface area (Å²) in [6.45, 7) is 5.22. The molecule has 2 rings (SSSR count). The third-order valence-electron chi connectivity index (χ3n) is 2.70. The van der Waals surface area contributed by atoms with Crippen molar-refractivity contribution in [1.82, 2.24) is 4.98 Å². The minimum atomic E-state index is -0.381. The number of amides is 1. The first kappa shape index (κ1) is 17.0. The Balaban J connectivity index is 2.23. The van der Waals surface area contributed by atoms with Gasteiger partial charge in [0.05, 0.1) is 6.10 Å². The highest BCUT2D eigenvalue weighted by molar-refractivity contribution is 7.13. The van der Waals surface area contributed by atoms with E-state index in [2.05, 4.69) is 10.3 Å². The van der Waals surface area contributed by atoms with Crippen molar-refractivity contribution >= 4 is 28.3 Å². The highest BCUT2D eigenvalue weighted by Gasteiger charge is 2.12. The predicted octanol–water partition coefficient (Wildman–Crippen LogP) is 3.25. The van der Waals surface area contributed by atoms with Gasteiger partial charge in [-0.1, -0.05) is 0 Å². The summed E-state index contributed by atoms with van der Waals surface area (Å²) in [5.41, 5.74) is 1.10. The summed E-state index contributed by atoms with van der Waals surface area (Å²) in [7, 11) is 0. The van der Waals surface area contributed by atoms with Crippen LogP contribution in [0.25, 0.3) is 0 Å². The molecule has 0 bridgehead atoms. The Morgan fingerprint density at radius 1 is 1.30 bits per heavy atom. The molecule has 1 heterocycles. The Bertz CT molecular complexity index is 683. The van der Waals surface area contributed by atoms with Gasteiger partial charge in [-0.3, -0.25) is 14.9 Å². The van der Waals surface area contributed by atoms with E-state index in [0.717, 1.165) is 0 Å². The van der Waals surface area contributed by atoms with E-state index in [-0.39, 0.29) is 24.6 Å². The van der Waals surface area contributed by atoms with E-state index in [9.17, 15) is 9.59 Å². The van der Waals surface area contributed by atoms with Gasteiger partial charge in [0.2, 0.25) is 0 Å². The fourth-order valence-electron chi connectivity index (χ4n) is 1.85. The third-order valence-corrected chi connectivity index (χ3v) is 3.38. The molecule has 6 nitrogen and oxygen atoms in total. The number of esters is 1. The lowest BCUT2D eigenvalue weighted by atomic mass is 10.1. The summed E-state index contributed by atoms with van der Waals surface area (Å²) in [6, 6.07) is 5.07. The molecule has 0 saturated heterocycles. The average Bonchev–Trinajstić information content (AvgIpc) is 2.97. The zero-order chi connectivity index (χ0) is 16.8. The molecular weight excluding hydrogens is 316 g/mol. The number of benzene rings is 1. The second-order valence-electron chi connectivity index (χ2n) is 5.10. The van der Waals surface area contributed by atoms with Crippen LogP contribution in [0.15, 0.2) is 29.8 Å². The Morgan fingerprint density at radius 2 is 2.09 bits per heavy atom. The maximum Gasteiger partial charge on any atom is 0.302 e. The van der Waals surface area contributed by atoms with Crippen LogP contribution < -0.4 is 10.1 Å². The Morgan fingerprint density at radius 3 is 2.70 bits per heavy atom. The lowest BCUT2D eigenvalue weighted by Crippen LogP contribution is -2.13. The van der Waals surface area contributed by atoms with E-state index in [4.69, 9.17) is 9.47 Å². The summed E-state index contributed by atoms with van der Waals surface area (Å²) in [6.07, 6.45) is 1.58. The van der Waals surface area contributed by atoms with Gasteiger partial charge in [0.25, 0.3) is 5.91 Å². The lowest BCUT2D eigenvalue weighted by Gasteiger charge is -2.13. The molecule has 7 heteroatoms. The minimum absolute atomic E-state index is 0.0335. The molecule has 0 saturated carbocycles. The molecule has 0 radical (unpaired) electrons. The number of carbonyl (C=O) groups is 2. The van der Waals surface area contributed by atoms with E-state index in [0.29, 0.717) is 22.0 Å². The van der Waals surface area contributed by atoms with Crippen molar-refractivity contribution in [2.24, 2.45) is 0 Å². The van der Waals surface area contributed by atoms with Crippen molar-refractivity contribution in [3.05, 3.63) is 40.9 Å². The standard InChI is InChI=1S/C16H18N2O4S/c1-10(2)22-14-7-12(9-21-11(3)19)6-13(8-14)15(20)18-16-17-4-5-23-16/h4-8,10H,9H2,1-3H3,(H,17,18,20). The van der Waals surface area contributed by atoms with Gasteiger partial charge < -0.3 is 9.47 Å². The van der Waals surface area contributed by atoms with E-state index < -0.39 is 0 Å². The smallest absolute Gasteiger partial charge is 0.302 e. The Kier molecular flexibility index (Phi) is 5.70. The Hall–Kier alpha value is -2.41. The van der Waals surface area contributed by atoms with Crippen LogP contribution in [0.2, 0.25) is 0 Å². The van der Waals surface area contributed by atoms with Gasteiger partial charge in [-0.05, 0) is 37.6 Å². The highest BCUT2D eigenvalue weighted by Crippen LogP contribution is 2.21. The summed E-state index contributed by atoms with van der Waals surface area (Å²) in [4.78, 5) is 27.3. The summed E-state index contributed by atoms with van der Waals surface area (Å²) in [5, 5.41) is 5.01. The number of ether oxygens (including phenoxy) is 2. The molecule has 23 heavy (non-hydrogen) atoms.